The first kappa shape index (κ1) is 13.9. The lowest BCUT2D eigenvalue weighted by molar-refractivity contribution is -0.139. The van der Waals surface area contributed by atoms with E-state index < -0.39 is 17.3 Å². The Kier molecular flexibility index (Phi) is 3.30. The summed E-state index contributed by atoms with van der Waals surface area (Å²) in [6.45, 7) is 2.94. The van der Waals surface area contributed by atoms with Crippen LogP contribution in [0.2, 0.25) is 0 Å². The van der Waals surface area contributed by atoms with Gasteiger partial charge in [0.1, 0.15) is 5.56 Å². The van der Waals surface area contributed by atoms with Gasteiger partial charge < -0.3 is 4.98 Å². The minimum absolute atomic E-state index is 0.119. The molecule has 1 atom stereocenters. The topological polar surface area (TPSA) is 45.8 Å². The number of H-pyrrole nitrogens is 1. The number of halogens is 4. The highest BCUT2D eigenvalue weighted by Crippen LogP contribution is 2.31. The van der Waals surface area contributed by atoms with Crippen LogP contribution in [0.3, 0.4) is 0 Å². The van der Waals surface area contributed by atoms with Crippen molar-refractivity contribution in [2.45, 2.75) is 25.4 Å². The van der Waals surface area contributed by atoms with E-state index in [1.807, 2.05) is 0 Å². The molecule has 0 aliphatic heterocycles. The van der Waals surface area contributed by atoms with Crippen molar-refractivity contribution in [1.29, 1.82) is 0 Å². The van der Waals surface area contributed by atoms with Gasteiger partial charge in [-0.05, 0) is 31.0 Å². The molecule has 0 amide bonds. The summed E-state index contributed by atoms with van der Waals surface area (Å²) in [5.41, 5.74) is -1.56. The number of pyridine rings is 2. The summed E-state index contributed by atoms with van der Waals surface area (Å²) in [7, 11) is 0. The fourth-order valence-electron chi connectivity index (χ4n) is 1.91. The Morgan fingerprint density at radius 3 is 2.58 bits per heavy atom. The van der Waals surface area contributed by atoms with Crippen LogP contribution in [-0.4, -0.2) is 9.97 Å². The summed E-state index contributed by atoms with van der Waals surface area (Å²) in [5.74, 6) is 0. The number of rotatable bonds is 1. The smallest absolute Gasteiger partial charge is 0.320 e. The second kappa shape index (κ2) is 4.52. The van der Waals surface area contributed by atoms with E-state index in [0.29, 0.717) is 5.56 Å². The fraction of sp³-hybridized carbons (Fsp3) is 0.333. The van der Waals surface area contributed by atoms with Crippen molar-refractivity contribution >= 4 is 22.6 Å². The zero-order valence-electron chi connectivity index (χ0n) is 10.1. The molecule has 102 valence electrons. The van der Waals surface area contributed by atoms with E-state index in [1.165, 1.54) is 19.2 Å². The third-order valence-electron chi connectivity index (χ3n) is 2.86. The average molecular weight is 291 g/mol. The maximum Gasteiger partial charge on any atom is 0.422 e. The van der Waals surface area contributed by atoms with Gasteiger partial charge in [0.25, 0.3) is 5.56 Å². The van der Waals surface area contributed by atoms with Crippen LogP contribution in [-0.2, 0) is 6.18 Å². The zero-order chi connectivity index (χ0) is 14.4. The van der Waals surface area contributed by atoms with Gasteiger partial charge in [-0.1, -0.05) is 0 Å². The van der Waals surface area contributed by atoms with E-state index in [2.05, 4.69) is 9.97 Å². The van der Waals surface area contributed by atoms with Crippen molar-refractivity contribution in [3.8, 4) is 0 Å². The molecule has 2 rings (SSSR count). The Hall–Kier alpha value is -1.56. The van der Waals surface area contributed by atoms with Gasteiger partial charge in [-0.15, -0.1) is 11.6 Å². The van der Waals surface area contributed by atoms with Crippen LogP contribution in [0.4, 0.5) is 13.2 Å². The summed E-state index contributed by atoms with van der Waals surface area (Å²) >= 11 is 5.87. The lowest BCUT2D eigenvalue weighted by Gasteiger charge is -2.12. The van der Waals surface area contributed by atoms with Gasteiger partial charge in [-0.2, -0.15) is 13.2 Å². The predicted molar refractivity (Wildman–Crippen MR) is 66.4 cm³/mol. The lowest BCUT2D eigenvalue weighted by atomic mass is 10.1. The SMILES string of the molecule is Cc1c(C(F)(F)F)c(=O)[nH]c2cc(C(C)Cl)cnc12. The third kappa shape index (κ3) is 2.45. The highest BCUT2D eigenvalue weighted by Gasteiger charge is 2.36. The molecule has 2 heterocycles. The van der Waals surface area contributed by atoms with Gasteiger partial charge >= 0.3 is 6.18 Å². The van der Waals surface area contributed by atoms with E-state index >= 15 is 0 Å². The molecule has 2 aromatic rings. The van der Waals surface area contributed by atoms with Crippen LogP contribution in [0.15, 0.2) is 17.1 Å². The van der Waals surface area contributed by atoms with E-state index in [1.54, 1.807) is 6.92 Å². The van der Waals surface area contributed by atoms with Crippen LogP contribution in [0, 0.1) is 6.92 Å². The summed E-state index contributed by atoms with van der Waals surface area (Å²) in [6, 6.07) is 1.54. The van der Waals surface area contributed by atoms with Crippen molar-refractivity contribution < 1.29 is 13.2 Å². The zero-order valence-corrected chi connectivity index (χ0v) is 10.9. The van der Waals surface area contributed by atoms with Gasteiger partial charge in [-0.25, -0.2) is 0 Å². The molecule has 0 aliphatic rings. The Morgan fingerprint density at radius 2 is 2.05 bits per heavy atom. The minimum Gasteiger partial charge on any atom is -0.320 e. The molecule has 0 radical (unpaired) electrons. The molecule has 0 fully saturated rings. The summed E-state index contributed by atoms with van der Waals surface area (Å²) in [4.78, 5) is 17.7. The molecular formula is C12H10ClF3N2O. The lowest BCUT2D eigenvalue weighted by Crippen LogP contribution is -2.23. The normalized spacial score (nSPS) is 13.8. The van der Waals surface area contributed by atoms with Gasteiger partial charge in [0.05, 0.1) is 16.4 Å². The highest BCUT2D eigenvalue weighted by atomic mass is 35.5. The van der Waals surface area contributed by atoms with Crippen molar-refractivity contribution in [2.24, 2.45) is 0 Å². The van der Waals surface area contributed by atoms with Gasteiger partial charge in [0.15, 0.2) is 0 Å². The minimum atomic E-state index is -4.70. The van der Waals surface area contributed by atoms with Crippen LogP contribution >= 0.6 is 11.6 Å². The first-order valence-electron chi connectivity index (χ1n) is 5.45. The molecule has 0 bridgehead atoms. The predicted octanol–water partition coefficient (Wildman–Crippen LogP) is 3.55. The third-order valence-corrected chi connectivity index (χ3v) is 3.11. The first-order chi connectivity index (χ1) is 8.71. The largest absolute Gasteiger partial charge is 0.422 e. The second-order valence-corrected chi connectivity index (χ2v) is 4.89. The highest BCUT2D eigenvalue weighted by molar-refractivity contribution is 6.20. The number of hydrogen-bond acceptors (Lipinski definition) is 2. The Labute approximate surface area is 111 Å². The van der Waals surface area contributed by atoms with Crippen molar-refractivity contribution in [1.82, 2.24) is 9.97 Å². The summed E-state index contributed by atoms with van der Waals surface area (Å²) in [6.07, 6.45) is -3.29. The van der Waals surface area contributed by atoms with Crippen molar-refractivity contribution in [3.63, 3.8) is 0 Å². The summed E-state index contributed by atoms with van der Waals surface area (Å²) < 4.78 is 38.3. The van der Waals surface area contributed by atoms with Crippen molar-refractivity contribution in [3.05, 3.63) is 39.3 Å². The van der Waals surface area contributed by atoms with E-state index in [4.69, 9.17) is 11.6 Å². The van der Waals surface area contributed by atoms with Gasteiger partial charge in [0.2, 0.25) is 0 Å². The molecule has 19 heavy (non-hydrogen) atoms. The number of fused-ring (bicyclic) bond motifs is 1. The molecule has 0 saturated heterocycles. The standard InChI is InChI=1S/C12H10ClF3N2O/c1-5-9(12(14,15)16)11(19)18-8-3-7(6(2)13)4-17-10(5)8/h3-4,6H,1-2H3,(H,18,19). The first-order valence-corrected chi connectivity index (χ1v) is 5.89. The van der Waals surface area contributed by atoms with Crippen LogP contribution in [0.5, 0.6) is 0 Å². The molecule has 0 aromatic carbocycles. The molecule has 0 saturated carbocycles. The van der Waals surface area contributed by atoms with Crippen molar-refractivity contribution in [2.75, 3.05) is 0 Å². The fourth-order valence-corrected chi connectivity index (χ4v) is 2.03. The number of aromatic nitrogens is 2. The van der Waals surface area contributed by atoms with Gasteiger partial charge in [0, 0.05) is 6.20 Å². The number of aromatic amines is 1. The number of aryl methyl sites for hydroxylation is 1. The number of nitrogens with one attached hydrogen (secondary N) is 1. The second-order valence-electron chi connectivity index (χ2n) is 4.23. The molecular weight excluding hydrogens is 281 g/mol. The number of alkyl halides is 4. The van der Waals surface area contributed by atoms with E-state index in [0.717, 1.165) is 0 Å². The van der Waals surface area contributed by atoms with E-state index in [9.17, 15) is 18.0 Å². The maximum atomic E-state index is 12.8. The van der Waals surface area contributed by atoms with Gasteiger partial charge in [-0.3, -0.25) is 9.78 Å². The molecule has 0 spiro atoms. The van der Waals surface area contributed by atoms with Crippen LogP contribution in [0.25, 0.3) is 11.0 Å². The quantitative estimate of drug-likeness (QED) is 0.816. The Balaban J connectivity index is 2.81. The van der Waals surface area contributed by atoms with E-state index in [-0.39, 0.29) is 22.0 Å². The molecule has 1 N–H and O–H groups in total. The molecule has 7 heteroatoms. The molecule has 3 nitrogen and oxygen atoms in total. The monoisotopic (exact) mass is 290 g/mol. The Morgan fingerprint density at radius 1 is 1.42 bits per heavy atom. The number of hydrogen-bond donors (Lipinski definition) is 1. The average Bonchev–Trinajstić information content (AvgIpc) is 2.25. The van der Waals surface area contributed by atoms with Crippen LogP contribution < -0.4 is 5.56 Å². The van der Waals surface area contributed by atoms with Crippen LogP contribution in [0.1, 0.15) is 29.0 Å². The molecule has 1 unspecified atom stereocenters. The number of nitrogens with zero attached hydrogens (tertiary/aromatic N) is 1. The Bertz CT molecular complexity index is 692. The summed E-state index contributed by atoms with van der Waals surface area (Å²) in [5, 5.41) is -0.344. The maximum absolute atomic E-state index is 12.8. The molecule has 2 aromatic heterocycles. The molecule has 0 aliphatic carbocycles.